The highest BCUT2D eigenvalue weighted by Gasteiger charge is 2.26. The number of carbonyl (C=O) groups excluding carboxylic acids is 1. The molecule has 0 aliphatic heterocycles. The molecule has 0 saturated heterocycles. The summed E-state index contributed by atoms with van der Waals surface area (Å²) in [6, 6.07) is 17.5. The van der Waals surface area contributed by atoms with E-state index in [1.807, 2.05) is 75.4 Å². The molecule has 0 aliphatic rings. The van der Waals surface area contributed by atoms with E-state index < -0.39 is 11.7 Å². The lowest BCUT2D eigenvalue weighted by Gasteiger charge is -2.28. The molecule has 5 nitrogen and oxygen atoms in total. The van der Waals surface area contributed by atoms with E-state index in [1.165, 1.54) is 0 Å². The predicted octanol–water partition coefficient (Wildman–Crippen LogP) is 4.43. The molecular weight excluding hydrogens is 386 g/mol. The number of nitrogens with one attached hydrogen (secondary N) is 1. The van der Waals surface area contributed by atoms with E-state index in [9.17, 15) is 9.90 Å². The number of amides is 1. The first-order chi connectivity index (χ1) is 13.8. The molecule has 0 bridgehead atoms. The molecule has 0 saturated carbocycles. The fraction of sp³-hybridized carbons (Fsp3) is 0.435. The molecule has 29 heavy (non-hydrogen) atoms. The molecule has 6 heteroatoms. The fourth-order valence-corrected chi connectivity index (χ4v) is 3.92. The summed E-state index contributed by atoms with van der Waals surface area (Å²) in [6.07, 6.45) is 0.142. The summed E-state index contributed by atoms with van der Waals surface area (Å²) in [4.78, 5) is 12.4. The summed E-state index contributed by atoms with van der Waals surface area (Å²) in [7, 11) is 1.64. The topological polar surface area (TPSA) is 67.8 Å². The van der Waals surface area contributed by atoms with Crippen molar-refractivity contribution < 1.29 is 19.4 Å². The number of hydrogen-bond acceptors (Lipinski definition) is 5. The van der Waals surface area contributed by atoms with Crippen LogP contribution in [-0.4, -0.2) is 41.8 Å². The largest absolute Gasteiger partial charge is 0.497 e. The number of carbonyl (C=O) groups is 1. The number of hydrogen-bond donors (Lipinski definition) is 2. The molecule has 2 aromatic carbocycles. The van der Waals surface area contributed by atoms with Gasteiger partial charge in [-0.1, -0.05) is 42.5 Å². The molecular formula is C23H31NO4S. The summed E-state index contributed by atoms with van der Waals surface area (Å²) in [5.74, 6) is 1.53. The Morgan fingerprint density at radius 2 is 1.72 bits per heavy atom. The summed E-state index contributed by atoms with van der Waals surface area (Å²) >= 11 is 1.61. The van der Waals surface area contributed by atoms with Gasteiger partial charge in [-0.15, -0.1) is 11.8 Å². The van der Waals surface area contributed by atoms with E-state index in [2.05, 4.69) is 5.32 Å². The second kappa shape index (κ2) is 11.1. The highest BCUT2D eigenvalue weighted by Crippen LogP contribution is 2.24. The van der Waals surface area contributed by atoms with Crippen molar-refractivity contribution in [3.63, 3.8) is 0 Å². The second-order valence-corrected chi connectivity index (χ2v) is 9.05. The van der Waals surface area contributed by atoms with Crippen LogP contribution >= 0.6 is 11.8 Å². The minimum Gasteiger partial charge on any atom is -0.497 e. The second-order valence-electron chi connectivity index (χ2n) is 7.82. The zero-order valence-electron chi connectivity index (χ0n) is 17.6. The van der Waals surface area contributed by atoms with Gasteiger partial charge in [-0.25, -0.2) is 4.79 Å². The lowest BCUT2D eigenvalue weighted by Crippen LogP contribution is -2.46. The van der Waals surface area contributed by atoms with E-state index in [1.54, 1.807) is 18.9 Å². The fourth-order valence-electron chi connectivity index (χ4n) is 2.82. The van der Waals surface area contributed by atoms with Gasteiger partial charge in [-0.3, -0.25) is 0 Å². The third-order valence-electron chi connectivity index (χ3n) is 4.25. The van der Waals surface area contributed by atoms with Crippen molar-refractivity contribution in [2.45, 2.75) is 49.8 Å². The van der Waals surface area contributed by atoms with Crippen LogP contribution in [0.1, 0.15) is 31.9 Å². The first kappa shape index (κ1) is 23.1. The molecule has 2 atom stereocenters. The molecule has 0 radical (unpaired) electrons. The number of aliphatic hydroxyl groups excluding tert-OH is 1. The van der Waals surface area contributed by atoms with Gasteiger partial charge in [0.1, 0.15) is 11.4 Å². The van der Waals surface area contributed by atoms with E-state index >= 15 is 0 Å². The quantitative estimate of drug-likeness (QED) is 0.632. The highest BCUT2D eigenvalue weighted by atomic mass is 32.2. The van der Waals surface area contributed by atoms with Crippen molar-refractivity contribution in [3.8, 4) is 5.75 Å². The van der Waals surface area contributed by atoms with Crippen LogP contribution in [0.15, 0.2) is 54.6 Å². The molecule has 2 aromatic rings. The molecule has 158 valence electrons. The third-order valence-corrected chi connectivity index (χ3v) is 5.66. The van der Waals surface area contributed by atoms with Crippen molar-refractivity contribution in [1.82, 2.24) is 5.32 Å². The Labute approximate surface area is 177 Å². The van der Waals surface area contributed by atoms with Crippen LogP contribution in [0.4, 0.5) is 4.79 Å². The van der Waals surface area contributed by atoms with Gasteiger partial charge in [0.25, 0.3) is 0 Å². The number of rotatable bonds is 9. The van der Waals surface area contributed by atoms with Gasteiger partial charge in [0.05, 0.1) is 19.8 Å². The van der Waals surface area contributed by atoms with Crippen molar-refractivity contribution in [3.05, 3.63) is 65.7 Å². The number of benzene rings is 2. The van der Waals surface area contributed by atoms with Crippen molar-refractivity contribution in [2.24, 2.45) is 0 Å². The normalized spacial score (nSPS) is 13.4. The molecule has 1 amide bonds. The number of ether oxygens (including phenoxy) is 2. The van der Waals surface area contributed by atoms with Gasteiger partial charge in [-0.05, 0) is 50.5 Å². The Balaban J connectivity index is 2.08. The lowest BCUT2D eigenvalue weighted by molar-refractivity contribution is 0.0499. The smallest absolute Gasteiger partial charge is 0.407 e. The number of aliphatic hydroxyl groups is 1. The van der Waals surface area contributed by atoms with Gasteiger partial charge in [-0.2, -0.15) is 0 Å². The molecule has 0 aliphatic carbocycles. The Bertz CT molecular complexity index is 744. The highest BCUT2D eigenvalue weighted by molar-refractivity contribution is 7.99. The first-order valence-corrected chi connectivity index (χ1v) is 10.7. The summed E-state index contributed by atoms with van der Waals surface area (Å²) in [5, 5.41) is 12.8. The summed E-state index contributed by atoms with van der Waals surface area (Å²) < 4.78 is 10.6. The maximum absolute atomic E-state index is 12.4. The molecule has 0 heterocycles. The predicted molar refractivity (Wildman–Crippen MR) is 118 cm³/mol. The maximum atomic E-state index is 12.4. The Morgan fingerprint density at radius 3 is 2.28 bits per heavy atom. The van der Waals surface area contributed by atoms with E-state index in [-0.39, 0.29) is 17.9 Å². The van der Waals surface area contributed by atoms with E-state index in [0.717, 1.165) is 22.6 Å². The maximum Gasteiger partial charge on any atom is 0.407 e. The third kappa shape index (κ3) is 8.38. The summed E-state index contributed by atoms with van der Waals surface area (Å²) in [5.41, 5.74) is 1.65. The zero-order valence-corrected chi connectivity index (χ0v) is 18.4. The van der Waals surface area contributed by atoms with Gasteiger partial charge >= 0.3 is 6.09 Å². The van der Waals surface area contributed by atoms with Crippen molar-refractivity contribution >= 4 is 17.9 Å². The molecule has 0 fully saturated rings. The first-order valence-electron chi connectivity index (χ1n) is 9.69. The standard InChI is InChI=1S/C23H31NO4S/c1-23(2,3)28-22(26)24-20(14-17-8-6-5-7-9-17)21(15-25)29-16-18-10-12-19(27-4)13-11-18/h5-13,20-21,25H,14-16H2,1-4H3,(H,24,26)/t20-,21?/m1/s1. The molecule has 1 unspecified atom stereocenters. The van der Waals surface area contributed by atoms with Crippen molar-refractivity contribution in [2.75, 3.05) is 13.7 Å². The van der Waals surface area contributed by atoms with Gasteiger partial charge in [0, 0.05) is 11.0 Å². The molecule has 2 rings (SSSR count). The SMILES string of the molecule is COc1ccc(CSC(CO)[C@@H](Cc2ccccc2)NC(=O)OC(C)(C)C)cc1. The molecule has 0 spiro atoms. The van der Waals surface area contributed by atoms with Crippen LogP contribution in [0.2, 0.25) is 0 Å². The van der Waals surface area contributed by atoms with Crippen LogP contribution in [0.3, 0.4) is 0 Å². The van der Waals surface area contributed by atoms with Crippen LogP contribution in [-0.2, 0) is 16.9 Å². The van der Waals surface area contributed by atoms with Crippen LogP contribution in [0.25, 0.3) is 0 Å². The number of alkyl carbamates (subject to hydrolysis) is 1. The Morgan fingerprint density at radius 1 is 1.07 bits per heavy atom. The van der Waals surface area contributed by atoms with E-state index in [0.29, 0.717) is 6.42 Å². The average molecular weight is 418 g/mol. The Kier molecular flexibility index (Phi) is 8.86. The van der Waals surface area contributed by atoms with Crippen molar-refractivity contribution in [1.29, 1.82) is 0 Å². The minimum absolute atomic E-state index is 0.0475. The molecule has 0 aromatic heterocycles. The monoisotopic (exact) mass is 417 g/mol. The lowest BCUT2D eigenvalue weighted by atomic mass is 10.0. The van der Waals surface area contributed by atoms with Gasteiger partial charge < -0.3 is 19.9 Å². The minimum atomic E-state index is -0.577. The number of methoxy groups -OCH3 is 1. The van der Waals surface area contributed by atoms with Crippen LogP contribution < -0.4 is 10.1 Å². The number of thioether (sulfide) groups is 1. The zero-order chi connectivity index (χ0) is 21.3. The van der Waals surface area contributed by atoms with Gasteiger partial charge in [0.15, 0.2) is 0 Å². The molecule has 2 N–H and O–H groups in total. The van der Waals surface area contributed by atoms with Crippen LogP contribution in [0.5, 0.6) is 5.75 Å². The van der Waals surface area contributed by atoms with Gasteiger partial charge in [0.2, 0.25) is 0 Å². The Hall–Kier alpha value is -2.18. The summed E-state index contributed by atoms with van der Waals surface area (Å²) in [6.45, 7) is 5.45. The van der Waals surface area contributed by atoms with E-state index in [4.69, 9.17) is 9.47 Å². The van der Waals surface area contributed by atoms with Crippen LogP contribution in [0, 0.1) is 0 Å². The average Bonchev–Trinajstić information content (AvgIpc) is 2.68.